The zero-order chi connectivity index (χ0) is 14.0. The van der Waals surface area contributed by atoms with Crippen molar-refractivity contribution in [2.75, 3.05) is 5.32 Å². The fourth-order valence-electron chi connectivity index (χ4n) is 1.48. The third-order valence-electron chi connectivity index (χ3n) is 2.41. The summed E-state index contributed by atoms with van der Waals surface area (Å²) in [6.07, 6.45) is 0. The highest BCUT2D eigenvalue weighted by molar-refractivity contribution is 9.10. The molecule has 0 heterocycles. The number of rotatable bonds is 2. The molecule has 0 saturated carbocycles. The van der Waals surface area contributed by atoms with Gasteiger partial charge in [-0.05, 0) is 46.3 Å². The summed E-state index contributed by atoms with van der Waals surface area (Å²) in [6, 6.07) is 11.0. The van der Waals surface area contributed by atoms with Gasteiger partial charge in [0.15, 0.2) is 0 Å². The Hall–Kier alpha value is -0.730. The molecule has 2 aromatic rings. The monoisotopic (exact) mass is 418 g/mol. The number of benzene rings is 2. The number of nitrogens with one attached hydrogen (secondary N) is 1. The first-order valence-corrected chi connectivity index (χ1v) is 7.47. The van der Waals surface area contributed by atoms with Gasteiger partial charge in [0.2, 0.25) is 0 Å². The van der Waals surface area contributed by atoms with E-state index in [0.29, 0.717) is 27.0 Å². The van der Waals surface area contributed by atoms with Crippen LogP contribution in [0.1, 0.15) is 5.56 Å². The Bertz CT molecular complexity index is 681. The quantitative estimate of drug-likeness (QED) is 0.593. The number of halogens is 4. The van der Waals surface area contributed by atoms with Crippen molar-refractivity contribution in [1.82, 2.24) is 0 Å². The molecule has 2 nitrogen and oxygen atoms in total. The standard InChI is InChI=1S/C13H6Br2Cl2N2/c14-8-2-1-7(6-18)11(5-8)19-10-4-3-9(15)12(16)13(10)17/h1-5,19H. The predicted octanol–water partition coefficient (Wildman–Crippen LogP) is 6.13. The normalized spacial score (nSPS) is 10.1. The van der Waals surface area contributed by atoms with Crippen LogP contribution in [0.4, 0.5) is 11.4 Å². The minimum Gasteiger partial charge on any atom is -0.353 e. The third kappa shape index (κ3) is 3.24. The first kappa shape index (κ1) is 14.7. The lowest BCUT2D eigenvalue weighted by Crippen LogP contribution is -1.95. The summed E-state index contributed by atoms with van der Waals surface area (Å²) in [7, 11) is 0. The van der Waals surface area contributed by atoms with E-state index in [9.17, 15) is 0 Å². The van der Waals surface area contributed by atoms with Crippen LogP contribution in [0.15, 0.2) is 39.3 Å². The summed E-state index contributed by atoms with van der Waals surface area (Å²) in [5.41, 5.74) is 1.83. The molecule has 2 aromatic carbocycles. The van der Waals surface area contributed by atoms with Gasteiger partial charge in [0.25, 0.3) is 0 Å². The van der Waals surface area contributed by atoms with Crippen molar-refractivity contribution in [2.45, 2.75) is 0 Å². The molecule has 0 aliphatic heterocycles. The average Bonchev–Trinajstić information content (AvgIpc) is 2.40. The van der Waals surface area contributed by atoms with E-state index in [1.165, 1.54) is 0 Å². The van der Waals surface area contributed by atoms with Gasteiger partial charge in [-0.15, -0.1) is 0 Å². The average molecular weight is 421 g/mol. The van der Waals surface area contributed by atoms with Crippen LogP contribution in [-0.4, -0.2) is 0 Å². The number of hydrogen-bond donors (Lipinski definition) is 1. The second-order valence-electron chi connectivity index (χ2n) is 3.65. The lowest BCUT2D eigenvalue weighted by Gasteiger charge is -2.12. The smallest absolute Gasteiger partial charge is 0.101 e. The Morgan fingerprint density at radius 3 is 2.42 bits per heavy atom. The van der Waals surface area contributed by atoms with Crippen LogP contribution in [0.5, 0.6) is 0 Å². The Labute approximate surface area is 137 Å². The molecule has 2 rings (SSSR count). The van der Waals surface area contributed by atoms with Crippen LogP contribution < -0.4 is 5.32 Å². The zero-order valence-corrected chi connectivity index (χ0v) is 14.0. The van der Waals surface area contributed by atoms with E-state index in [4.69, 9.17) is 28.5 Å². The van der Waals surface area contributed by atoms with Gasteiger partial charge < -0.3 is 5.32 Å². The molecule has 0 bridgehead atoms. The summed E-state index contributed by atoms with van der Waals surface area (Å²) in [5.74, 6) is 0. The van der Waals surface area contributed by atoms with E-state index >= 15 is 0 Å². The van der Waals surface area contributed by atoms with Crippen LogP contribution in [0.2, 0.25) is 10.0 Å². The molecule has 0 atom stereocenters. The van der Waals surface area contributed by atoms with Crippen LogP contribution in [0.3, 0.4) is 0 Å². The second kappa shape index (κ2) is 6.15. The molecule has 0 amide bonds. The number of nitriles is 1. The maximum Gasteiger partial charge on any atom is 0.101 e. The molecule has 19 heavy (non-hydrogen) atoms. The summed E-state index contributed by atoms with van der Waals surface area (Å²) in [4.78, 5) is 0. The molecular weight excluding hydrogens is 415 g/mol. The Balaban J connectivity index is 2.45. The van der Waals surface area contributed by atoms with Gasteiger partial charge in [-0.25, -0.2) is 0 Å². The number of hydrogen-bond acceptors (Lipinski definition) is 2. The van der Waals surface area contributed by atoms with Crippen LogP contribution >= 0.6 is 55.1 Å². The van der Waals surface area contributed by atoms with Gasteiger partial charge in [-0.3, -0.25) is 0 Å². The zero-order valence-electron chi connectivity index (χ0n) is 9.35. The minimum atomic E-state index is 0.403. The topological polar surface area (TPSA) is 35.8 Å². The van der Waals surface area contributed by atoms with Gasteiger partial charge in [0.05, 0.1) is 27.0 Å². The molecule has 0 spiro atoms. The van der Waals surface area contributed by atoms with Crippen molar-refractivity contribution in [3.63, 3.8) is 0 Å². The van der Waals surface area contributed by atoms with Crippen molar-refractivity contribution in [3.8, 4) is 6.07 Å². The predicted molar refractivity (Wildman–Crippen MR) is 86.3 cm³/mol. The molecule has 0 aliphatic carbocycles. The van der Waals surface area contributed by atoms with Crippen LogP contribution in [0.25, 0.3) is 0 Å². The van der Waals surface area contributed by atoms with Crippen molar-refractivity contribution in [3.05, 3.63) is 54.9 Å². The molecule has 1 N–H and O–H groups in total. The lowest BCUT2D eigenvalue weighted by molar-refractivity contribution is 1.45. The molecule has 0 saturated heterocycles. The summed E-state index contributed by atoms with van der Waals surface area (Å²) >= 11 is 18.9. The largest absolute Gasteiger partial charge is 0.353 e. The molecule has 0 aromatic heterocycles. The first-order valence-electron chi connectivity index (χ1n) is 5.13. The molecule has 6 heteroatoms. The van der Waals surface area contributed by atoms with Gasteiger partial charge in [0.1, 0.15) is 6.07 Å². The van der Waals surface area contributed by atoms with Crippen molar-refractivity contribution < 1.29 is 0 Å². The van der Waals surface area contributed by atoms with E-state index < -0.39 is 0 Å². The fourth-order valence-corrected chi connectivity index (χ4v) is 2.67. The summed E-state index contributed by atoms with van der Waals surface area (Å²) in [5, 5.41) is 13.0. The molecule has 0 radical (unpaired) electrons. The van der Waals surface area contributed by atoms with Gasteiger partial charge in [-0.1, -0.05) is 39.1 Å². The van der Waals surface area contributed by atoms with Gasteiger partial charge in [0, 0.05) is 8.95 Å². The number of anilines is 2. The highest BCUT2D eigenvalue weighted by Gasteiger charge is 2.10. The first-order chi connectivity index (χ1) is 9.02. The Kier molecular flexibility index (Phi) is 4.75. The van der Waals surface area contributed by atoms with Crippen LogP contribution in [-0.2, 0) is 0 Å². The Morgan fingerprint density at radius 1 is 1.00 bits per heavy atom. The maximum atomic E-state index is 9.08. The fraction of sp³-hybridized carbons (Fsp3) is 0. The van der Waals surface area contributed by atoms with Crippen LogP contribution in [0, 0.1) is 11.3 Å². The summed E-state index contributed by atoms with van der Waals surface area (Å²) in [6.45, 7) is 0. The Morgan fingerprint density at radius 2 is 1.74 bits per heavy atom. The SMILES string of the molecule is N#Cc1ccc(Br)cc1Nc1ccc(Br)c(Cl)c1Cl. The van der Waals surface area contributed by atoms with E-state index in [1.807, 2.05) is 6.07 Å². The molecule has 0 unspecified atom stereocenters. The highest BCUT2D eigenvalue weighted by Crippen LogP contribution is 2.37. The maximum absolute atomic E-state index is 9.08. The molecule has 0 fully saturated rings. The van der Waals surface area contributed by atoms with E-state index in [2.05, 4.69) is 43.2 Å². The highest BCUT2D eigenvalue weighted by atomic mass is 79.9. The van der Waals surface area contributed by atoms with Crippen molar-refractivity contribution in [2.24, 2.45) is 0 Å². The molecule has 96 valence electrons. The van der Waals surface area contributed by atoms with Crippen molar-refractivity contribution >= 4 is 66.4 Å². The van der Waals surface area contributed by atoms with Gasteiger partial charge >= 0.3 is 0 Å². The van der Waals surface area contributed by atoms with E-state index in [0.717, 1.165) is 8.95 Å². The molecular formula is C13H6Br2Cl2N2. The third-order valence-corrected chi connectivity index (χ3v) is 4.67. The van der Waals surface area contributed by atoms with Crippen molar-refractivity contribution in [1.29, 1.82) is 5.26 Å². The van der Waals surface area contributed by atoms with E-state index in [-0.39, 0.29) is 0 Å². The second-order valence-corrected chi connectivity index (χ2v) is 6.18. The minimum absolute atomic E-state index is 0.403. The summed E-state index contributed by atoms with van der Waals surface area (Å²) < 4.78 is 1.59. The number of nitrogens with zero attached hydrogens (tertiary/aromatic N) is 1. The van der Waals surface area contributed by atoms with E-state index in [1.54, 1.807) is 24.3 Å². The lowest BCUT2D eigenvalue weighted by atomic mass is 10.2. The van der Waals surface area contributed by atoms with Gasteiger partial charge in [-0.2, -0.15) is 5.26 Å². The molecule has 0 aliphatic rings.